The first-order chi connectivity index (χ1) is 10.7. The average molecular weight is 318 g/mol. The summed E-state index contributed by atoms with van der Waals surface area (Å²) in [6.07, 6.45) is 2.63. The molecule has 1 aromatic rings. The monoisotopic (exact) mass is 318 g/mol. The summed E-state index contributed by atoms with van der Waals surface area (Å²) in [5, 5.41) is 0. The van der Waals surface area contributed by atoms with Crippen LogP contribution in [0.15, 0.2) is 35.9 Å². The summed E-state index contributed by atoms with van der Waals surface area (Å²) < 4.78 is 24.0. The van der Waals surface area contributed by atoms with E-state index in [0.717, 1.165) is 11.1 Å². The number of hydrogen-bond acceptors (Lipinski definition) is 4. The SMILES string of the molecule is CC1=CCC2(C(=O)OC(C)(C)OC2=O)[C@@H](c2ccc(F)cc2)C1. The predicted octanol–water partition coefficient (Wildman–Crippen LogP) is 3.47. The molecule has 0 unspecified atom stereocenters. The van der Waals surface area contributed by atoms with Crippen molar-refractivity contribution in [3.05, 3.63) is 47.3 Å². The Morgan fingerprint density at radius 3 is 2.22 bits per heavy atom. The molecule has 1 atom stereocenters. The Balaban J connectivity index is 2.09. The molecular formula is C18H19FO4. The van der Waals surface area contributed by atoms with Crippen molar-refractivity contribution < 1.29 is 23.5 Å². The predicted molar refractivity (Wildman–Crippen MR) is 80.8 cm³/mol. The molecule has 1 aliphatic heterocycles. The molecule has 1 fully saturated rings. The van der Waals surface area contributed by atoms with Crippen molar-refractivity contribution >= 4 is 11.9 Å². The Kier molecular flexibility index (Phi) is 3.54. The van der Waals surface area contributed by atoms with Crippen LogP contribution in [0.2, 0.25) is 0 Å². The summed E-state index contributed by atoms with van der Waals surface area (Å²) in [5.74, 6) is -3.19. The fraction of sp³-hybridized carbons (Fsp3) is 0.444. The molecule has 0 aromatic heterocycles. The molecule has 0 amide bonds. The Morgan fingerprint density at radius 1 is 1.09 bits per heavy atom. The second-order valence-corrected chi connectivity index (χ2v) is 6.71. The van der Waals surface area contributed by atoms with Crippen molar-refractivity contribution in [3.8, 4) is 0 Å². The van der Waals surface area contributed by atoms with E-state index in [1.54, 1.807) is 12.1 Å². The Labute approximate surface area is 134 Å². The van der Waals surface area contributed by atoms with Crippen LogP contribution >= 0.6 is 0 Å². The van der Waals surface area contributed by atoms with Gasteiger partial charge < -0.3 is 9.47 Å². The summed E-state index contributed by atoms with van der Waals surface area (Å²) in [5.41, 5.74) is 0.412. The quantitative estimate of drug-likeness (QED) is 0.452. The van der Waals surface area contributed by atoms with E-state index in [0.29, 0.717) is 6.42 Å². The molecule has 5 heteroatoms. The van der Waals surface area contributed by atoms with Crippen LogP contribution in [0.5, 0.6) is 0 Å². The van der Waals surface area contributed by atoms with Crippen LogP contribution in [0.3, 0.4) is 0 Å². The van der Waals surface area contributed by atoms with Gasteiger partial charge in [-0.3, -0.25) is 9.59 Å². The first kappa shape index (κ1) is 15.7. The number of rotatable bonds is 1. The Bertz CT molecular complexity index is 667. The minimum absolute atomic E-state index is 0.231. The lowest BCUT2D eigenvalue weighted by atomic mass is 9.64. The van der Waals surface area contributed by atoms with Crippen LogP contribution in [0.1, 0.15) is 45.1 Å². The Morgan fingerprint density at radius 2 is 1.65 bits per heavy atom. The highest BCUT2D eigenvalue weighted by atomic mass is 19.1. The maximum atomic E-state index is 13.2. The van der Waals surface area contributed by atoms with E-state index in [2.05, 4.69) is 0 Å². The molecule has 3 rings (SSSR count). The van der Waals surface area contributed by atoms with Gasteiger partial charge in [0.15, 0.2) is 5.41 Å². The highest BCUT2D eigenvalue weighted by molar-refractivity contribution is 6.03. The maximum Gasteiger partial charge on any atom is 0.327 e. The van der Waals surface area contributed by atoms with Gasteiger partial charge in [-0.05, 0) is 37.5 Å². The average Bonchev–Trinajstić information content (AvgIpc) is 2.45. The highest BCUT2D eigenvalue weighted by Crippen LogP contribution is 2.51. The van der Waals surface area contributed by atoms with Gasteiger partial charge in [-0.15, -0.1) is 0 Å². The molecule has 122 valence electrons. The van der Waals surface area contributed by atoms with Gasteiger partial charge in [-0.1, -0.05) is 23.8 Å². The molecule has 23 heavy (non-hydrogen) atoms. The summed E-state index contributed by atoms with van der Waals surface area (Å²) in [6, 6.07) is 5.89. The van der Waals surface area contributed by atoms with Gasteiger partial charge in [0.05, 0.1) is 0 Å². The molecule has 0 N–H and O–H groups in total. The minimum atomic E-state index is -1.40. The minimum Gasteiger partial charge on any atom is -0.422 e. The Hall–Kier alpha value is -2.17. The van der Waals surface area contributed by atoms with E-state index in [1.807, 2.05) is 13.0 Å². The molecule has 4 nitrogen and oxygen atoms in total. The number of allylic oxidation sites excluding steroid dienone is 2. The van der Waals surface area contributed by atoms with Crippen molar-refractivity contribution in [2.75, 3.05) is 0 Å². The van der Waals surface area contributed by atoms with Crippen molar-refractivity contribution in [1.82, 2.24) is 0 Å². The number of ether oxygens (including phenoxy) is 2. The second-order valence-electron chi connectivity index (χ2n) is 6.71. The molecule has 1 aromatic carbocycles. The van der Waals surface area contributed by atoms with E-state index in [1.165, 1.54) is 26.0 Å². The first-order valence-corrected chi connectivity index (χ1v) is 7.62. The van der Waals surface area contributed by atoms with Crippen LogP contribution in [0, 0.1) is 11.2 Å². The van der Waals surface area contributed by atoms with Gasteiger partial charge in [0.1, 0.15) is 5.82 Å². The maximum absolute atomic E-state index is 13.2. The molecule has 0 bridgehead atoms. The number of halogens is 1. The zero-order valence-corrected chi connectivity index (χ0v) is 13.4. The largest absolute Gasteiger partial charge is 0.422 e. The van der Waals surface area contributed by atoms with Crippen molar-refractivity contribution in [1.29, 1.82) is 0 Å². The normalized spacial score (nSPS) is 25.6. The van der Waals surface area contributed by atoms with Gasteiger partial charge in [0.25, 0.3) is 5.79 Å². The molecule has 1 heterocycles. The third-order valence-electron chi connectivity index (χ3n) is 4.57. The van der Waals surface area contributed by atoms with E-state index in [9.17, 15) is 14.0 Å². The number of hydrogen-bond donors (Lipinski definition) is 0. The summed E-state index contributed by atoms with van der Waals surface area (Å²) >= 11 is 0. The number of benzene rings is 1. The standard InChI is InChI=1S/C18H19FO4/c1-11-8-9-18(15(20)22-17(2,3)23-16(18)21)14(10-11)12-4-6-13(19)7-5-12/h4-8,14H,9-10H2,1-3H3/t14-/m1/s1. The summed E-state index contributed by atoms with van der Waals surface area (Å²) in [6.45, 7) is 5.02. The fourth-order valence-corrected chi connectivity index (χ4v) is 3.34. The lowest BCUT2D eigenvalue weighted by Gasteiger charge is -2.45. The number of cyclic esters (lactones) is 2. The summed E-state index contributed by atoms with van der Waals surface area (Å²) in [7, 11) is 0. The van der Waals surface area contributed by atoms with Gasteiger partial charge in [-0.25, -0.2) is 4.39 Å². The van der Waals surface area contributed by atoms with Gasteiger partial charge in [-0.2, -0.15) is 0 Å². The van der Waals surface area contributed by atoms with Crippen molar-refractivity contribution in [3.63, 3.8) is 0 Å². The van der Waals surface area contributed by atoms with E-state index < -0.39 is 29.1 Å². The first-order valence-electron chi connectivity index (χ1n) is 7.62. The van der Waals surface area contributed by atoms with Crippen LogP contribution in [0.25, 0.3) is 0 Å². The molecule has 1 saturated heterocycles. The van der Waals surface area contributed by atoms with Crippen LogP contribution in [0.4, 0.5) is 4.39 Å². The molecular weight excluding hydrogens is 299 g/mol. The third-order valence-corrected chi connectivity index (χ3v) is 4.57. The van der Waals surface area contributed by atoms with E-state index >= 15 is 0 Å². The molecule has 1 aliphatic carbocycles. The number of carbonyl (C=O) groups excluding carboxylic acids is 2. The van der Waals surface area contributed by atoms with Crippen LogP contribution in [-0.2, 0) is 19.1 Å². The number of carbonyl (C=O) groups is 2. The zero-order chi connectivity index (χ0) is 16.8. The second kappa shape index (κ2) is 5.18. The summed E-state index contributed by atoms with van der Waals surface area (Å²) in [4.78, 5) is 25.5. The molecule has 2 aliphatic rings. The smallest absolute Gasteiger partial charge is 0.327 e. The lowest BCUT2D eigenvalue weighted by Crippen LogP contribution is -2.57. The zero-order valence-electron chi connectivity index (χ0n) is 13.4. The lowest BCUT2D eigenvalue weighted by molar-refractivity contribution is -0.253. The van der Waals surface area contributed by atoms with Gasteiger partial charge in [0, 0.05) is 19.8 Å². The van der Waals surface area contributed by atoms with Crippen molar-refractivity contribution in [2.45, 2.75) is 45.3 Å². The topological polar surface area (TPSA) is 52.6 Å². The highest BCUT2D eigenvalue weighted by Gasteiger charge is 2.61. The molecule has 0 radical (unpaired) electrons. The van der Waals surface area contributed by atoms with E-state index in [-0.39, 0.29) is 12.2 Å². The third kappa shape index (κ3) is 2.54. The fourth-order valence-electron chi connectivity index (χ4n) is 3.34. The van der Waals surface area contributed by atoms with E-state index in [4.69, 9.17) is 9.47 Å². The van der Waals surface area contributed by atoms with Crippen LogP contribution < -0.4 is 0 Å². The van der Waals surface area contributed by atoms with Gasteiger partial charge in [0.2, 0.25) is 0 Å². The van der Waals surface area contributed by atoms with Crippen molar-refractivity contribution in [2.24, 2.45) is 5.41 Å². The number of esters is 2. The molecule has 1 spiro atoms. The molecule has 0 saturated carbocycles. The van der Waals surface area contributed by atoms with Crippen LogP contribution in [-0.4, -0.2) is 17.7 Å². The van der Waals surface area contributed by atoms with Gasteiger partial charge >= 0.3 is 11.9 Å².